The van der Waals surface area contributed by atoms with Crippen molar-refractivity contribution < 1.29 is 0 Å². The zero-order valence-electron chi connectivity index (χ0n) is 9.05. The first-order chi connectivity index (χ1) is 6.48. The maximum atomic E-state index is 6.28. The highest BCUT2D eigenvalue weighted by Gasteiger charge is 2.26. The van der Waals surface area contributed by atoms with E-state index in [0.29, 0.717) is 0 Å². The molecular formula is C11H17ClN2. The summed E-state index contributed by atoms with van der Waals surface area (Å²) < 4.78 is 2.08. The molecule has 0 aliphatic heterocycles. The lowest BCUT2D eigenvalue weighted by molar-refractivity contribution is 0.568. The molecular weight excluding hydrogens is 196 g/mol. The molecule has 3 heteroatoms. The van der Waals surface area contributed by atoms with Gasteiger partial charge in [-0.2, -0.15) is 0 Å². The molecule has 1 fully saturated rings. The van der Waals surface area contributed by atoms with E-state index in [0.717, 1.165) is 23.3 Å². The molecule has 0 saturated heterocycles. The monoisotopic (exact) mass is 212 g/mol. The lowest BCUT2D eigenvalue weighted by Gasteiger charge is -2.16. The van der Waals surface area contributed by atoms with E-state index in [1.807, 2.05) is 6.33 Å². The fourth-order valence-corrected chi connectivity index (χ4v) is 2.02. The van der Waals surface area contributed by atoms with Crippen LogP contribution >= 0.6 is 11.6 Å². The summed E-state index contributed by atoms with van der Waals surface area (Å²) in [5.41, 5.74) is 1.06. The van der Waals surface area contributed by atoms with E-state index in [1.54, 1.807) is 0 Å². The summed E-state index contributed by atoms with van der Waals surface area (Å²) in [6.07, 6.45) is 4.57. The second-order valence-electron chi connectivity index (χ2n) is 5.23. The molecule has 78 valence electrons. The minimum Gasteiger partial charge on any atom is -0.321 e. The van der Waals surface area contributed by atoms with Gasteiger partial charge in [-0.25, -0.2) is 4.98 Å². The molecule has 1 aromatic rings. The van der Waals surface area contributed by atoms with Crippen LogP contribution in [-0.4, -0.2) is 9.55 Å². The topological polar surface area (TPSA) is 17.8 Å². The van der Waals surface area contributed by atoms with Gasteiger partial charge in [-0.05, 0) is 18.8 Å². The average molecular weight is 213 g/mol. The third-order valence-corrected chi connectivity index (χ3v) is 3.03. The van der Waals surface area contributed by atoms with Gasteiger partial charge in [0, 0.05) is 12.0 Å². The summed E-state index contributed by atoms with van der Waals surface area (Å²) in [6.45, 7) is 7.47. The molecule has 14 heavy (non-hydrogen) atoms. The van der Waals surface area contributed by atoms with E-state index in [4.69, 9.17) is 11.6 Å². The average Bonchev–Trinajstić information content (AvgIpc) is 2.76. The fraction of sp³-hybridized carbons (Fsp3) is 0.727. The molecule has 0 amide bonds. The molecule has 1 saturated carbocycles. The van der Waals surface area contributed by atoms with Gasteiger partial charge in [0.25, 0.3) is 0 Å². The first-order valence-electron chi connectivity index (χ1n) is 5.19. The van der Waals surface area contributed by atoms with Gasteiger partial charge in [-0.3, -0.25) is 0 Å². The van der Waals surface area contributed by atoms with Crippen molar-refractivity contribution in [1.29, 1.82) is 0 Å². The highest BCUT2D eigenvalue weighted by Crippen LogP contribution is 2.34. The standard InChI is InChI=1S/C11H17ClN2/c1-11(2,3)9-10(12)14(7-13-9)6-8-4-5-8/h7-8H,4-6H2,1-3H3. The van der Waals surface area contributed by atoms with Gasteiger partial charge in [0.15, 0.2) is 0 Å². The maximum Gasteiger partial charge on any atom is 0.132 e. The van der Waals surface area contributed by atoms with Crippen LogP contribution in [0.4, 0.5) is 0 Å². The Balaban J connectivity index is 2.22. The van der Waals surface area contributed by atoms with E-state index >= 15 is 0 Å². The lowest BCUT2D eigenvalue weighted by atomic mass is 9.93. The van der Waals surface area contributed by atoms with Crippen LogP contribution in [0.3, 0.4) is 0 Å². The first kappa shape index (κ1) is 10.0. The number of hydrogen-bond donors (Lipinski definition) is 0. The van der Waals surface area contributed by atoms with Crippen molar-refractivity contribution >= 4 is 11.6 Å². The zero-order valence-corrected chi connectivity index (χ0v) is 9.80. The molecule has 0 atom stereocenters. The second kappa shape index (κ2) is 3.27. The van der Waals surface area contributed by atoms with Crippen molar-refractivity contribution in [1.82, 2.24) is 9.55 Å². The van der Waals surface area contributed by atoms with Gasteiger partial charge >= 0.3 is 0 Å². The van der Waals surface area contributed by atoms with Gasteiger partial charge in [0.2, 0.25) is 0 Å². The van der Waals surface area contributed by atoms with Crippen molar-refractivity contribution in [3.63, 3.8) is 0 Å². The van der Waals surface area contributed by atoms with Crippen LogP contribution in [0.25, 0.3) is 0 Å². The number of rotatable bonds is 2. The van der Waals surface area contributed by atoms with E-state index < -0.39 is 0 Å². The molecule has 0 radical (unpaired) electrons. The van der Waals surface area contributed by atoms with E-state index in [9.17, 15) is 0 Å². The Hall–Kier alpha value is -0.500. The number of nitrogens with zero attached hydrogens (tertiary/aromatic N) is 2. The molecule has 0 unspecified atom stereocenters. The molecule has 0 aromatic carbocycles. The lowest BCUT2D eigenvalue weighted by Crippen LogP contribution is -2.12. The third-order valence-electron chi connectivity index (χ3n) is 2.64. The summed E-state index contributed by atoms with van der Waals surface area (Å²) in [5.74, 6) is 0.842. The Labute approximate surface area is 90.3 Å². The maximum absolute atomic E-state index is 6.28. The summed E-state index contributed by atoms with van der Waals surface area (Å²) in [7, 11) is 0. The normalized spacial score (nSPS) is 17.4. The van der Waals surface area contributed by atoms with Crippen molar-refractivity contribution in [3.8, 4) is 0 Å². The first-order valence-corrected chi connectivity index (χ1v) is 5.57. The van der Waals surface area contributed by atoms with Gasteiger partial charge in [0.1, 0.15) is 5.15 Å². The summed E-state index contributed by atoms with van der Waals surface area (Å²) in [4.78, 5) is 4.40. The van der Waals surface area contributed by atoms with Crippen LogP contribution in [0.1, 0.15) is 39.3 Å². The summed E-state index contributed by atoms with van der Waals surface area (Å²) in [6, 6.07) is 0. The predicted molar refractivity (Wildman–Crippen MR) is 58.7 cm³/mol. The molecule has 2 rings (SSSR count). The molecule has 1 aliphatic rings. The number of aromatic nitrogens is 2. The Morgan fingerprint density at radius 3 is 2.57 bits per heavy atom. The minimum atomic E-state index is 0.0475. The molecule has 0 N–H and O–H groups in total. The molecule has 1 aromatic heterocycles. The van der Waals surface area contributed by atoms with Gasteiger partial charge in [-0.1, -0.05) is 32.4 Å². The minimum absolute atomic E-state index is 0.0475. The smallest absolute Gasteiger partial charge is 0.132 e. The largest absolute Gasteiger partial charge is 0.321 e. The third kappa shape index (κ3) is 1.95. The van der Waals surface area contributed by atoms with Crippen molar-refractivity contribution in [2.75, 3.05) is 0 Å². The van der Waals surface area contributed by atoms with Crippen LogP contribution < -0.4 is 0 Å². The Bertz CT molecular complexity index is 332. The summed E-state index contributed by atoms with van der Waals surface area (Å²) >= 11 is 6.28. The second-order valence-corrected chi connectivity index (χ2v) is 5.59. The molecule has 0 spiro atoms. The van der Waals surface area contributed by atoms with Crippen LogP contribution in [0.2, 0.25) is 5.15 Å². The van der Waals surface area contributed by atoms with Crippen LogP contribution in [0.5, 0.6) is 0 Å². The predicted octanol–water partition coefficient (Wildman–Crippen LogP) is 3.24. The van der Waals surface area contributed by atoms with Gasteiger partial charge in [0.05, 0.1) is 12.0 Å². The molecule has 1 heterocycles. The number of hydrogen-bond acceptors (Lipinski definition) is 1. The van der Waals surface area contributed by atoms with Crippen molar-refractivity contribution in [3.05, 3.63) is 17.2 Å². The van der Waals surface area contributed by atoms with E-state index in [2.05, 4.69) is 30.3 Å². The quantitative estimate of drug-likeness (QED) is 0.736. The Kier molecular flexibility index (Phi) is 2.34. The zero-order chi connectivity index (χ0) is 10.3. The van der Waals surface area contributed by atoms with Crippen LogP contribution in [-0.2, 0) is 12.0 Å². The van der Waals surface area contributed by atoms with Crippen molar-refractivity contribution in [2.45, 2.75) is 45.6 Å². The highest BCUT2D eigenvalue weighted by atomic mass is 35.5. The van der Waals surface area contributed by atoms with Crippen molar-refractivity contribution in [2.24, 2.45) is 5.92 Å². The molecule has 0 bridgehead atoms. The van der Waals surface area contributed by atoms with Gasteiger partial charge < -0.3 is 4.57 Å². The summed E-state index contributed by atoms with van der Waals surface area (Å²) in [5, 5.41) is 0.824. The Morgan fingerprint density at radius 1 is 1.50 bits per heavy atom. The SMILES string of the molecule is CC(C)(C)c1ncn(CC2CC2)c1Cl. The van der Waals surface area contributed by atoms with Crippen LogP contribution in [0, 0.1) is 5.92 Å². The fourth-order valence-electron chi connectivity index (χ4n) is 1.58. The van der Waals surface area contributed by atoms with E-state index in [1.165, 1.54) is 12.8 Å². The highest BCUT2D eigenvalue weighted by molar-refractivity contribution is 6.30. The number of imidazole rings is 1. The van der Waals surface area contributed by atoms with E-state index in [-0.39, 0.29) is 5.41 Å². The number of halogens is 1. The van der Waals surface area contributed by atoms with Gasteiger partial charge in [-0.15, -0.1) is 0 Å². The Morgan fingerprint density at radius 2 is 2.14 bits per heavy atom. The molecule has 1 aliphatic carbocycles. The molecule has 2 nitrogen and oxygen atoms in total. The van der Waals surface area contributed by atoms with Crippen LogP contribution in [0.15, 0.2) is 6.33 Å².